The van der Waals surface area contributed by atoms with Gasteiger partial charge in [0.15, 0.2) is 5.82 Å². The van der Waals surface area contributed by atoms with E-state index in [0.717, 1.165) is 22.6 Å². The first-order valence-corrected chi connectivity index (χ1v) is 7.49. The Morgan fingerprint density at radius 2 is 1.83 bits per heavy atom. The lowest BCUT2D eigenvalue weighted by molar-refractivity contribution is -0.115. The largest absolute Gasteiger partial charge is 0.326 e. The number of aromatic amines is 1. The van der Waals surface area contributed by atoms with E-state index in [0.29, 0.717) is 12.2 Å². The molecule has 1 aromatic heterocycles. The Morgan fingerprint density at radius 3 is 2.57 bits per heavy atom. The predicted octanol–water partition coefficient (Wildman–Crippen LogP) is 2.89. The molecule has 0 spiro atoms. The van der Waals surface area contributed by atoms with Crippen molar-refractivity contribution in [2.24, 2.45) is 0 Å². The van der Waals surface area contributed by atoms with Crippen molar-refractivity contribution in [3.8, 4) is 0 Å². The molecule has 116 valence electrons. The van der Waals surface area contributed by atoms with Crippen LogP contribution in [0.5, 0.6) is 0 Å². The molecule has 3 rings (SSSR count). The molecule has 23 heavy (non-hydrogen) atoms. The summed E-state index contributed by atoms with van der Waals surface area (Å²) >= 11 is 0. The molecular formula is C18H18N4O. The van der Waals surface area contributed by atoms with Crippen molar-refractivity contribution < 1.29 is 4.79 Å². The molecule has 0 unspecified atom stereocenters. The third-order valence-electron chi connectivity index (χ3n) is 3.45. The molecule has 0 bridgehead atoms. The predicted molar refractivity (Wildman–Crippen MR) is 89.1 cm³/mol. The molecule has 2 N–H and O–H groups in total. The molecule has 0 aliphatic carbocycles. The van der Waals surface area contributed by atoms with Crippen LogP contribution in [0.2, 0.25) is 0 Å². The minimum Gasteiger partial charge on any atom is -0.326 e. The van der Waals surface area contributed by atoms with Crippen LogP contribution in [0.3, 0.4) is 0 Å². The maximum Gasteiger partial charge on any atom is 0.232 e. The van der Waals surface area contributed by atoms with E-state index >= 15 is 0 Å². The van der Waals surface area contributed by atoms with Crippen molar-refractivity contribution in [2.75, 3.05) is 5.32 Å². The Bertz CT molecular complexity index is 778. The maximum atomic E-state index is 12.0. The number of nitrogens with zero attached hydrogens (tertiary/aromatic N) is 2. The zero-order chi connectivity index (χ0) is 16.1. The Labute approximate surface area is 134 Å². The van der Waals surface area contributed by atoms with Crippen molar-refractivity contribution in [1.82, 2.24) is 15.2 Å². The summed E-state index contributed by atoms with van der Waals surface area (Å²) in [5.74, 6) is 1.13. The van der Waals surface area contributed by atoms with E-state index in [1.54, 1.807) is 0 Å². The van der Waals surface area contributed by atoms with Crippen molar-refractivity contribution in [3.05, 3.63) is 77.4 Å². The van der Waals surface area contributed by atoms with E-state index in [1.807, 2.05) is 61.5 Å². The van der Waals surface area contributed by atoms with Gasteiger partial charge in [0.1, 0.15) is 5.82 Å². The Balaban J connectivity index is 1.58. The molecule has 1 amide bonds. The molecule has 2 aromatic carbocycles. The van der Waals surface area contributed by atoms with Gasteiger partial charge in [0, 0.05) is 12.1 Å². The van der Waals surface area contributed by atoms with Gasteiger partial charge in [-0.15, -0.1) is 0 Å². The van der Waals surface area contributed by atoms with Crippen LogP contribution in [0.25, 0.3) is 0 Å². The molecule has 5 heteroatoms. The lowest BCUT2D eigenvalue weighted by Crippen LogP contribution is -2.15. The first-order valence-electron chi connectivity index (χ1n) is 7.49. The lowest BCUT2D eigenvalue weighted by atomic mass is 10.1. The van der Waals surface area contributed by atoms with Crippen molar-refractivity contribution in [2.45, 2.75) is 19.8 Å². The molecule has 0 atom stereocenters. The number of carbonyl (C=O) groups excluding carboxylic acids is 1. The normalized spacial score (nSPS) is 10.5. The number of rotatable bonds is 5. The van der Waals surface area contributed by atoms with Gasteiger partial charge < -0.3 is 5.32 Å². The molecule has 3 aromatic rings. The SMILES string of the molecule is Cc1ccc(NC(=O)Cc2n[nH]c(Cc3ccccc3)n2)cc1. The van der Waals surface area contributed by atoms with Gasteiger partial charge >= 0.3 is 0 Å². The summed E-state index contributed by atoms with van der Waals surface area (Å²) in [5.41, 5.74) is 3.09. The second-order valence-corrected chi connectivity index (χ2v) is 5.45. The number of hydrogen-bond acceptors (Lipinski definition) is 3. The van der Waals surface area contributed by atoms with Gasteiger partial charge in [-0.1, -0.05) is 48.0 Å². The summed E-state index contributed by atoms with van der Waals surface area (Å²) in [6.45, 7) is 2.01. The Hall–Kier alpha value is -2.95. The number of aromatic nitrogens is 3. The number of aryl methyl sites for hydroxylation is 1. The van der Waals surface area contributed by atoms with Gasteiger partial charge in [-0.3, -0.25) is 9.89 Å². The summed E-state index contributed by atoms with van der Waals surface area (Å²) in [5, 5.41) is 9.84. The van der Waals surface area contributed by atoms with Gasteiger partial charge in [0.25, 0.3) is 0 Å². The molecule has 0 fully saturated rings. The number of amides is 1. The second-order valence-electron chi connectivity index (χ2n) is 5.45. The fourth-order valence-electron chi connectivity index (χ4n) is 2.27. The molecule has 0 radical (unpaired) electrons. The van der Waals surface area contributed by atoms with Crippen LogP contribution in [0, 0.1) is 6.92 Å². The Kier molecular flexibility index (Phi) is 4.47. The number of hydrogen-bond donors (Lipinski definition) is 2. The van der Waals surface area contributed by atoms with Gasteiger partial charge in [0.2, 0.25) is 5.91 Å². The van der Waals surface area contributed by atoms with Crippen molar-refractivity contribution >= 4 is 11.6 Å². The van der Waals surface area contributed by atoms with Crippen LogP contribution in [0.4, 0.5) is 5.69 Å². The highest BCUT2D eigenvalue weighted by molar-refractivity contribution is 5.91. The van der Waals surface area contributed by atoms with Crippen LogP contribution in [0.1, 0.15) is 22.8 Å². The standard InChI is InChI=1S/C18H18N4O/c1-13-7-9-15(10-8-13)19-18(23)12-17-20-16(21-22-17)11-14-5-3-2-4-6-14/h2-10H,11-12H2,1H3,(H,19,23)(H,20,21,22). The fourth-order valence-corrected chi connectivity index (χ4v) is 2.27. The maximum absolute atomic E-state index is 12.0. The van der Waals surface area contributed by atoms with Gasteiger partial charge in [-0.2, -0.15) is 5.10 Å². The van der Waals surface area contributed by atoms with Crippen LogP contribution in [-0.2, 0) is 17.6 Å². The summed E-state index contributed by atoms with van der Waals surface area (Å²) in [6, 6.07) is 17.7. The highest BCUT2D eigenvalue weighted by Crippen LogP contribution is 2.09. The van der Waals surface area contributed by atoms with E-state index in [1.165, 1.54) is 0 Å². The number of anilines is 1. The first kappa shape index (κ1) is 15.0. The summed E-state index contributed by atoms with van der Waals surface area (Å²) in [7, 11) is 0. The average Bonchev–Trinajstić information content (AvgIpc) is 2.97. The summed E-state index contributed by atoms with van der Waals surface area (Å²) in [4.78, 5) is 16.4. The van der Waals surface area contributed by atoms with Gasteiger partial charge in [-0.25, -0.2) is 4.98 Å². The van der Waals surface area contributed by atoms with E-state index in [-0.39, 0.29) is 12.3 Å². The van der Waals surface area contributed by atoms with Crippen molar-refractivity contribution in [1.29, 1.82) is 0 Å². The van der Waals surface area contributed by atoms with Gasteiger partial charge in [0.05, 0.1) is 6.42 Å². The number of benzene rings is 2. The zero-order valence-electron chi connectivity index (χ0n) is 12.9. The Morgan fingerprint density at radius 1 is 1.09 bits per heavy atom. The van der Waals surface area contributed by atoms with Crippen LogP contribution in [0.15, 0.2) is 54.6 Å². The van der Waals surface area contributed by atoms with Crippen LogP contribution < -0.4 is 5.32 Å². The first-order chi connectivity index (χ1) is 11.2. The second kappa shape index (κ2) is 6.87. The van der Waals surface area contributed by atoms with E-state index in [9.17, 15) is 4.79 Å². The molecule has 5 nitrogen and oxygen atoms in total. The highest BCUT2D eigenvalue weighted by atomic mass is 16.1. The number of H-pyrrole nitrogens is 1. The molecule has 0 aliphatic rings. The van der Waals surface area contributed by atoms with Crippen LogP contribution >= 0.6 is 0 Å². The highest BCUT2D eigenvalue weighted by Gasteiger charge is 2.09. The van der Waals surface area contributed by atoms with E-state index in [2.05, 4.69) is 20.5 Å². The molecular weight excluding hydrogens is 288 g/mol. The minimum atomic E-state index is -0.126. The van der Waals surface area contributed by atoms with Crippen LogP contribution in [-0.4, -0.2) is 21.1 Å². The number of nitrogens with one attached hydrogen (secondary N) is 2. The van der Waals surface area contributed by atoms with E-state index < -0.39 is 0 Å². The molecule has 0 saturated heterocycles. The summed E-state index contributed by atoms with van der Waals surface area (Å²) < 4.78 is 0. The van der Waals surface area contributed by atoms with Crippen molar-refractivity contribution in [3.63, 3.8) is 0 Å². The fraction of sp³-hybridized carbons (Fsp3) is 0.167. The number of carbonyl (C=O) groups is 1. The topological polar surface area (TPSA) is 70.7 Å². The van der Waals surface area contributed by atoms with Gasteiger partial charge in [-0.05, 0) is 24.6 Å². The zero-order valence-corrected chi connectivity index (χ0v) is 12.9. The quantitative estimate of drug-likeness (QED) is 0.761. The van der Waals surface area contributed by atoms with E-state index in [4.69, 9.17) is 0 Å². The summed E-state index contributed by atoms with van der Waals surface area (Å²) in [6.07, 6.45) is 0.826. The smallest absolute Gasteiger partial charge is 0.232 e. The average molecular weight is 306 g/mol. The third kappa shape index (κ3) is 4.26. The molecule has 0 saturated carbocycles. The molecule has 1 heterocycles. The monoisotopic (exact) mass is 306 g/mol. The molecule has 0 aliphatic heterocycles. The lowest BCUT2D eigenvalue weighted by Gasteiger charge is -2.03. The third-order valence-corrected chi connectivity index (χ3v) is 3.45. The minimum absolute atomic E-state index is 0.126.